The number of nitro groups is 1. The van der Waals surface area contributed by atoms with Gasteiger partial charge in [0.1, 0.15) is 0 Å². The van der Waals surface area contributed by atoms with Crippen molar-refractivity contribution in [1.82, 2.24) is 5.32 Å². The van der Waals surface area contributed by atoms with Crippen LogP contribution >= 0.6 is 11.6 Å². The molecule has 0 aromatic heterocycles. The van der Waals surface area contributed by atoms with E-state index >= 15 is 0 Å². The lowest BCUT2D eigenvalue weighted by atomic mass is 10.2. The molecular formula is C12H15ClN2O3. The fraction of sp³-hybridized carbons (Fsp3) is 0.417. The molecule has 1 aromatic carbocycles. The molecule has 0 aliphatic rings. The van der Waals surface area contributed by atoms with E-state index in [4.69, 9.17) is 11.6 Å². The first-order valence-electron chi connectivity index (χ1n) is 5.74. The maximum Gasteiger partial charge on any atom is 0.270 e. The van der Waals surface area contributed by atoms with Crippen molar-refractivity contribution >= 4 is 23.2 Å². The molecule has 0 saturated carbocycles. The molecule has 1 amide bonds. The van der Waals surface area contributed by atoms with Gasteiger partial charge in [0, 0.05) is 30.1 Å². The number of alkyl halides is 1. The molecule has 0 bridgehead atoms. The SMILES string of the molecule is O=C(NCCCCCCl)c1cccc([N+](=O)[O-])c1. The molecule has 6 heteroatoms. The first-order chi connectivity index (χ1) is 8.65. The largest absolute Gasteiger partial charge is 0.352 e. The lowest BCUT2D eigenvalue weighted by Gasteiger charge is -2.04. The van der Waals surface area contributed by atoms with Gasteiger partial charge in [-0.15, -0.1) is 11.6 Å². The van der Waals surface area contributed by atoms with Gasteiger partial charge < -0.3 is 5.32 Å². The molecule has 0 aliphatic carbocycles. The second-order valence-electron chi connectivity index (χ2n) is 3.81. The van der Waals surface area contributed by atoms with Gasteiger partial charge in [0.25, 0.3) is 11.6 Å². The summed E-state index contributed by atoms with van der Waals surface area (Å²) in [4.78, 5) is 21.7. The molecule has 18 heavy (non-hydrogen) atoms. The van der Waals surface area contributed by atoms with Crippen LogP contribution in [0, 0.1) is 10.1 Å². The molecule has 5 nitrogen and oxygen atoms in total. The summed E-state index contributed by atoms with van der Waals surface area (Å²) < 4.78 is 0. The van der Waals surface area contributed by atoms with Crippen molar-refractivity contribution in [2.24, 2.45) is 0 Å². The van der Waals surface area contributed by atoms with E-state index in [1.807, 2.05) is 0 Å². The van der Waals surface area contributed by atoms with Crippen LogP contribution < -0.4 is 5.32 Å². The van der Waals surface area contributed by atoms with E-state index in [0.717, 1.165) is 19.3 Å². The molecule has 0 saturated heterocycles. The van der Waals surface area contributed by atoms with Crippen LogP contribution in [0.15, 0.2) is 24.3 Å². The van der Waals surface area contributed by atoms with Crippen LogP contribution in [0.5, 0.6) is 0 Å². The van der Waals surface area contributed by atoms with Crippen LogP contribution in [-0.4, -0.2) is 23.3 Å². The first kappa shape index (κ1) is 14.4. The Morgan fingerprint density at radius 3 is 2.78 bits per heavy atom. The van der Waals surface area contributed by atoms with E-state index in [9.17, 15) is 14.9 Å². The third-order valence-electron chi connectivity index (χ3n) is 2.42. The highest BCUT2D eigenvalue weighted by Crippen LogP contribution is 2.12. The van der Waals surface area contributed by atoms with Gasteiger partial charge >= 0.3 is 0 Å². The monoisotopic (exact) mass is 270 g/mol. The molecule has 0 atom stereocenters. The predicted molar refractivity (Wildman–Crippen MR) is 70.0 cm³/mol. The molecule has 1 rings (SSSR count). The van der Waals surface area contributed by atoms with Crippen molar-refractivity contribution in [3.8, 4) is 0 Å². The number of carbonyl (C=O) groups excluding carboxylic acids is 1. The molecule has 0 heterocycles. The van der Waals surface area contributed by atoms with Crippen LogP contribution in [0.2, 0.25) is 0 Å². The molecule has 1 N–H and O–H groups in total. The number of amides is 1. The number of halogens is 1. The standard InChI is InChI=1S/C12H15ClN2O3/c13-7-2-1-3-8-14-12(16)10-5-4-6-11(9-10)15(17)18/h4-6,9H,1-3,7-8H2,(H,14,16). The number of nitrogens with zero attached hydrogens (tertiary/aromatic N) is 1. The van der Waals surface area contributed by atoms with Gasteiger partial charge in [-0.1, -0.05) is 12.5 Å². The Kier molecular flexibility index (Phi) is 6.14. The number of rotatable bonds is 7. The number of unbranched alkanes of at least 4 members (excludes halogenated alkanes) is 2. The molecule has 0 spiro atoms. The highest BCUT2D eigenvalue weighted by molar-refractivity contribution is 6.17. The minimum absolute atomic E-state index is 0.0789. The van der Waals surface area contributed by atoms with Crippen molar-refractivity contribution in [1.29, 1.82) is 0 Å². The minimum atomic E-state index is -0.517. The smallest absolute Gasteiger partial charge is 0.270 e. The molecule has 98 valence electrons. The highest BCUT2D eigenvalue weighted by Gasteiger charge is 2.10. The van der Waals surface area contributed by atoms with E-state index in [2.05, 4.69) is 5.32 Å². The predicted octanol–water partition coefficient (Wildman–Crippen LogP) is 2.73. The molecule has 0 fully saturated rings. The van der Waals surface area contributed by atoms with E-state index in [1.165, 1.54) is 18.2 Å². The fourth-order valence-electron chi connectivity index (χ4n) is 1.46. The molecule has 0 aliphatic heterocycles. The molecular weight excluding hydrogens is 256 g/mol. The van der Waals surface area contributed by atoms with Crippen molar-refractivity contribution in [3.05, 3.63) is 39.9 Å². The summed E-state index contributed by atoms with van der Waals surface area (Å²) >= 11 is 5.53. The number of nitrogens with one attached hydrogen (secondary N) is 1. The second-order valence-corrected chi connectivity index (χ2v) is 4.19. The molecule has 1 aromatic rings. The topological polar surface area (TPSA) is 72.2 Å². The van der Waals surface area contributed by atoms with Gasteiger partial charge in [-0.25, -0.2) is 0 Å². The highest BCUT2D eigenvalue weighted by atomic mass is 35.5. The Hall–Kier alpha value is -1.62. The van der Waals surface area contributed by atoms with Crippen LogP contribution in [0.3, 0.4) is 0 Å². The zero-order chi connectivity index (χ0) is 13.4. The Morgan fingerprint density at radius 1 is 1.33 bits per heavy atom. The summed E-state index contributed by atoms with van der Waals surface area (Å²) in [6.45, 7) is 0.554. The van der Waals surface area contributed by atoms with Gasteiger partial charge in [-0.2, -0.15) is 0 Å². The van der Waals surface area contributed by atoms with Crippen molar-refractivity contribution in [2.45, 2.75) is 19.3 Å². The third kappa shape index (κ3) is 4.71. The number of benzene rings is 1. The van der Waals surface area contributed by atoms with E-state index < -0.39 is 4.92 Å². The van der Waals surface area contributed by atoms with E-state index in [1.54, 1.807) is 6.07 Å². The van der Waals surface area contributed by atoms with Gasteiger partial charge in [-0.05, 0) is 18.9 Å². The quantitative estimate of drug-likeness (QED) is 0.358. The van der Waals surface area contributed by atoms with Crippen LogP contribution in [0.1, 0.15) is 29.6 Å². The van der Waals surface area contributed by atoms with Gasteiger partial charge in [0.05, 0.1) is 4.92 Å². The Morgan fingerprint density at radius 2 is 2.11 bits per heavy atom. The van der Waals surface area contributed by atoms with Gasteiger partial charge in [-0.3, -0.25) is 14.9 Å². The Balaban J connectivity index is 2.46. The minimum Gasteiger partial charge on any atom is -0.352 e. The molecule has 0 unspecified atom stereocenters. The third-order valence-corrected chi connectivity index (χ3v) is 2.68. The lowest BCUT2D eigenvalue weighted by Crippen LogP contribution is -2.24. The number of hydrogen-bond acceptors (Lipinski definition) is 3. The average Bonchev–Trinajstić information content (AvgIpc) is 2.38. The maximum atomic E-state index is 11.7. The van der Waals surface area contributed by atoms with Crippen LogP contribution in [0.4, 0.5) is 5.69 Å². The summed E-state index contributed by atoms with van der Waals surface area (Å²) in [7, 11) is 0. The summed E-state index contributed by atoms with van der Waals surface area (Å²) in [5, 5.41) is 13.3. The Labute approximate surface area is 110 Å². The normalized spacial score (nSPS) is 10.1. The van der Waals surface area contributed by atoms with Crippen LogP contribution in [-0.2, 0) is 0 Å². The Bertz CT molecular complexity index is 424. The van der Waals surface area contributed by atoms with E-state index in [-0.39, 0.29) is 11.6 Å². The molecule has 0 radical (unpaired) electrons. The number of hydrogen-bond donors (Lipinski definition) is 1. The summed E-state index contributed by atoms with van der Waals surface area (Å²) in [5.74, 6) is 0.336. The van der Waals surface area contributed by atoms with Gasteiger partial charge in [0.15, 0.2) is 0 Å². The number of non-ortho nitro benzene ring substituents is 1. The van der Waals surface area contributed by atoms with E-state index in [0.29, 0.717) is 18.0 Å². The maximum absolute atomic E-state index is 11.7. The zero-order valence-corrected chi connectivity index (χ0v) is 10.7. The average molecular weight is 271 g/mol. The summed E-state index contributed by atoms with van der Waals surface area (Å²) in [5.41, 5.74) is 0.228. The van der Waals surface area contributed by atoms with Crippen molar-refractivity contribution in [2.75, 3.05) is 12.4 Å². The fourth-order valence-corrected chi connectivity index (χ4v) is 1.65. The lowest BCUT2D eigenvalue weighted by molar-refractivity contribution is -0.384. The summed E-state index contributed by atoms with van der Waals surface area (Å²) in [6.07, 6.45) is 2.74. The van der Waals surface area contributed by atoms with Crippen LogP contribution in [0.25, 0.3) is 0 Å². The first-order valence-corrected chi connectivity index (χ1v) is 6.27. The summed E-state index contributed by atoms with van der Waals surface area (Å²) in [6, 6.07) is 5.69. The second kappa shape index (κ2) is 7.66. The number of nitro benzene ring substituents is 1. The zero-order valence-electron chi connectivity index (χ0n) is 9.89. The van der Waals surface area contributed by atoms with Gasteiger partial charge in [0.2, 0.25) is 0 Å². The van der Waals surface area contributed by atoms with Crippen molar-refractivity contribution in [3.63, 3.8) is 0 Å². The number of carbonyl (C=O) groups is 1. The van der Waals surface area contributed by atoms with Crippen molar-refractivity contribution < 1.29 is 9.72 Å².